The number of carbonyl (C=O) groups excluding carboxylic acids is 2. The van der Waals surface area contributed by atoms with Gasteiger partial charge in [0.15, 0.2) is 10.9 Å². The van der Waals surface area contributed by atoms with E-state index in [9.17, 15) is 14.7 Å². The van der Waals surface area contributed by atoms with Crippen molar-refractivity contribution >= 4 is 55.4 Å². The molecular formula is C24H19N3O3S2. The number of amides is 1. The van der Waals surface area contributed by atoms with Gasteiger partial charge in [0.1, 0.15) is 0 Å². The number of Topliss-reactive ketones (excluding diaryl/α,β-unsaturated/α-hetero) is 1. The predicted molar refractivity (Wildman–Crippen MR) is 129 cm³/mol. The van der Waals surface area contributed by atoms with Crippen LogP contribution in [0.4, 0.5) is 10.8 Å². The van der Waals surface area contributed by atoms with Gasteiger partial charge in [0.05, 0.1) is 26.7 Å². The SMILES string of the molecule is CN(C)c1ccc(C2C(C(=O)c3cccs3)=C(O)C(=O)N2c2nc3ccccc3s2)cc1. The number of fused-ring (bicyclic) bond motifs is 1. The van der Waals surface area contributed by atoms with Crippen molar-refractivity contribution in [2.24, 2.45) is 0 Å². The summed E-state index contributed by atoms with van der Waals surface area (Å²) in [6.45, 7) is 0. The molecule has 0 spiro atoms. The molecule has 1 N–H and O–H groups in total. The first-order valence-corrected chi connectivity index (χ1v) is 11.6. The minimum absolute atomic E-state index is 0.0781. The van der Waals surface area contributed by atoms with E-state index >= 15 is 0 Å². The third-order valence-electron chi connectivity index (χ3n) is 5.41. The number of thiazole rings is 1. The van der Waals surface area contributed by atoms with E-state index in [0.717, 1.165) is 21.5 Å². The Balaban J connectivity index is 1.67. The Morgan fingerprint density at radius 1 is 1.06 bits per heavy atom. The largest absolute Gasteiger partial charge is 0.503 e. The second kappa shape index (κ2) is 7.89. The second-order valence-corrected chi connectivity index (χ2v) is 9.55. The van der Waals surface area contributed by atoms with E-state index in [1.807, 2.05) is 67.5 Å². The molecule has 1 atom stereocenters. The average molecular weight is 462 g/mol. The molecule has 6 nitrogen and oxygen atoms in total. The highest BCUT2D eigenvalue weighted by Gasteiger charge is 2.46. The lowest BCUT2D eigenvalue weighted by molar-refractivity contribution is -0.117. The van der Waals surface area contributed by atoms with Crippen LogP contribution in [0.1, 0.15) is 21.3 Å². The van der Waals surface area contributed by atoms with Crippen LogP contribution in [0.2, 0.25) is 0 Å². The minimum atomic E-state index is -0.770. The van der Waals surface area contributed by atoms with Gasteiger partial charge in [-0.3, -0.25) is 14.5 Å². The predicted octanol–water partition coefficient (Wildman–Crippen LogP) is 5.21. The summed E-state index contributed by atoms with van der Waals surface area (Å²) in [5, 5.41) is 13.1. The van der Waals surface area contributed by atoms with Crippen LogP contribution in [-0.2, 0) is 4.79 Å². The van der Waals surface area contributed by atoms with E-state index in [1.54, 1.807) is 17.5 Å². The van der Waals surface area contributed by atoms with Gasteiger partial charge < -0.3 is 10.0 Å². The Kier molecular flexibility index (Phi) is 5.03. The van der Waals surface area contributed by atoms with Crippen molar-refractivity contribution < 1.29 is 14.7 Å². The summed E-state index contributed by atoms with van der Waals surface area (Å²) in [6.07, 6.45) is 0. The molecule has 3 heterocycles. The van der Waals surface area contributed by atoms with Crippen molar-refractivity contribution in [3.05, 3.63) is 87.8 Å². The summed E-state index contributed by atoms with van der Waals surface area (Å²) in [5.74, 6) is -1.49. The number of nitrogens with zero attached hydrogens (tertiary/aromatic N) is 3. The number of hydrogen-bond donors (Lipinski definition) is 1. The van der Waals surface area contributed by atoms with E-state index in [1.165, 1.54) is 27.6 Å². The molecule has 0 saturated heterocycles. The summed E-state index contributed by atoms with van der Waals surface area (Å²) >= 11 is 2.64. The van der Waals surface area contributed by atoms with Crippen molar-refractivity contribution in [2.75, 3.05) is 23.9 Å². The van der Waals surface area contributed by atoms with Gasteiger partial charge in [-0.05, 0) is 41.3 Å². The summed E-state index contributed by atoms with van der Waals surface area (Å²) < 4.78 is 0.925. The number of para-hydroxylation sites is 1. The van der Waals surface area contributed by atoms with Crippen LogP contribution in [0.3, 0.4) is 0 Å². The number of anilines is 2. The number of aromatic nitrogens is 1. The molecule has 0 radical (unpaired) electrons. The number of rotatable bonds is 5. The lowest BCUT2D eigenvalue weighted by atomic mass is 9.95. The molecule has 2 aromatic carbocycles. The molecule has 1 amide bonds. The molecule has 1 aliphatic heterocycles. The zero-order valence-corrected chi connectivity index (χ0v) is 19.0. The van der Waals surface area contributed by atoms with Gasteiger partial charge >= 0.3 is 0 Å². The second-order valence-electron chi connectivity index (χ2n) is 7.60. The van der Waals surface area contributed by atoms with E-state index in [2.05, 4.69) is 4.98 Å². The monoisotopic (exact) mass is 461 g/mol. The Bertz CT molecular complexity index is 1320. The number of hydrogen-bond acceptors (Lipinski definition) is 7. The molecule has 0 bridgehead atoms. The van der Waals surface area contributed by atoms with E-state index in [4.69, 9.17) is 0 Å². The molecule has 0 fully saturated rings. The van der Waals surface area contributed by atoms with E-state index < -0.39 is 17.7 Å². The number of carbonyl (C=O) groups is 2. The molecule has 1 unspecified atom stereocenters. The highest BCUT2D eigenvalue weighted by molar-refractivity contribution is 7.22. The van der Waals surface area contributed by atoms with Crippen LogP contribution >= 0.6 is 22.7 Å². The Morgan fingerprint density at radius 2 is 1.81 bits per heavy atom. The maximum absolute atomic E-state index is 13.4. The molecular weight excluding hydrogens is 442 g/mol. The standard InChI is InChI=1S/C24H19N3O3S2/c1-26(2)15-11-9-14(10-12-15)20-19(21(28)18-8-5-13-31-18)22(29)23(30)27(20)24-25-16-6-3-4-7-17(16)32-24/h3-13,20,29H,1-2H3. The molecule has 8 heteroatoms. The average Bonchev–Trinajstić information content (AvgIpc) is 3.52. The molecule has 0 saturated carbocycles. The summed E-state index contributed by atoms with van der Waals surface area (Å²) in [6, 6.07) is 17.9. The van der Waals surface area contributed by atoms with Crippen LogP contribution in [0.25, 0.3) is 10.2 Å². The van der Waals surface area contributed by atoms with Crippen molar-refractivity contribution in [1.29, 1.82) is 0 Å². The smallest absolute Gasteiger partial charge is 0.296 e. The molecule has 0 aliphatic carbocycles. The highest BCUT2D eigenvalue weighted by atomic mass is 32.1. The first kappa shape index (κ1) is 20.4. The lowest BCUT2D eigenvalue weighted by Gasteiger charge is -2.25. The zero-order chi connectivity index (χ0) is 22.4. The van der Waals surface area contributed by atoms with Crippen LogP contribution in [0.15, 0.2) is 77.4 Å². The number of aliphatic hydroxyl groups excluding tert-OH is 1. The fourth-order valence-electron chi connectivity index (χ4n) is 3.81. The van der Waals surface area contributed by atoms with Gasteiger partial charge in [0.25, 0.3) is 5.91 Å². The van der Waals surface area contributed by atoms with Gasteiger partial charge in [0.2, 0.25) is 5.78 Å². The number of ketones is 1. The van der Waals surface area contributed by atoms with Crippen LogP contribution < -0.4 is 9.80 Å². The van der Waals surface area contributed by atoms with E-state index in [-0.39, 0.29) is 11.4 Å². The van der Waals surface area contributed by atoms with Gasteiger partial charge in [-0.2, -0.15) is 0 Å². The third-order valence-corrected chi connectivity index (χ3v) is 7.32. The Labute approximate surface area is 192 Å². The molecule has 5 rings (SSSR count). The molecule has 32 heavy (non-hydrogen) atoms. The molecule has 4 aromatic rings. The Hall–Kier alpha value is -3.49. The third kappa shape index (κ3) is 3.28. The molecule has 2 aromatic heterocycles. The summed E-state index contributed by atoms with van der Waals surface area (Å²) in [4.78, 5) is 35.1. The van der Waals surface area contributed by atoms with Crippen molar-refractivity contribution in [3.8, 4) is 0 Å². The number of benzene rings is 2. The first-order chi connectivity index (χ1) is 15.5. The summed E-state index contributed by atoms with van der Waals surface area (Å²) in [5.41, 5.74) is 2.56. The maximum Gasteiger partial charge on any atom is 0.296 e. The van der Waals surface area contributed by atoms with Crippen molar-refractivity contribution in [3.63, 3.8) is 0 Å². The first-order valence-electron chi connectivity index (χ1n) is 9.93. The van der Waals surface area contributed by atoms with Gasteiger partial charge in [0, 0.05) is 19.8 Å². The Morgan fingerprint density at radius 3 is 2.47 bits per heavy atom. The van der Waals surface area contributed by atoms with Gasteiger partial charge in [-0.1, -0.05) is 41.7 Å². The maximum atomic E-state index is 13.4. The van der Waals surface area contributed by atoms with Crippen molar-refractivity contribution in [2.45, 2.75) is 6.04 Å². The van der Waals surface area contributed by atoms with Crippen molar-refractivity contribution in [1.82, 2.24) is 4.98 Å². The topological polar surface area (TPSA) is 73.7 Å². The molecule has 1 aliphatic rings. The highest BCUT2D eigenvalue weighted by Crippen LogP contribution is 2.44. The van der Waals surface area contributed by atoms with Crippen LogP contribution in [0, 0.1) is 0 Å². The summed E-state index contributed by atoms with van der Waals surface area (Å²) in [7, 11) is 3.89. The van der Waals surface area contributed by atoms with Gasteiger partial charge in [-0.25, -0.2) is 4.98 Å². The van der Waals surface area contributed by atoms with Crippen LogP contribution in [-0.4, -0.2) is 35.9 Å². The van der Waals surface area contributed by atoms with E-state index in [0.29, 0.717) is 10.0 Å². The molecule has 160 valence electrons. The quantitative estimate of drug-likeness (QED) is 0.413. The normalized spacial score (nSPS) is 16.2. The number of thiophene rings is 1. The minimum Gasteiger partial charge on any atom is -0.503 e. The number of aliphatic hydroxyl groups is 1. The fourth-order valence-corrected chi connectivity index (χ4v) is 5.48. The fraction of sp³-hybridized carbons (Fsp3) is 0.125. The zero-order valence-electron chi connectivity index (χ0n) is 17.4. The van der Waals surface area contributed by atoms with Crippen LogP contribution in [0.5, 0.6) is 0 Å². The van der Waals surface area contributed by atoms with Gasteiger partial charge in [-0.15, -0.1) is 11.3 Å². The lowest BCUT2D eigenvalue weighted by Crippen LogP contribution is -2.31.